The molecule has 2 aromatic heterocycles. The van der Waals surface area contributed by atoms with Gasteiger partial charge in [-0.15, -0.1) is 0 Å². The molecule has 0 saturated carbocycles. The van der Waals surface area contributed by atoms with Crippen LogP contribution in [0.3, 0.4) is 0 Å². The van der Waals surface area contributed by atoms with Gasteiger partial charge in [0.15, 0.2) is 5.15 Å². The minimum atomic E-state index is -4.68. The lowest BCUT2D eigenvalue weighted by Crippen LogP contribution is -2.34. The molecule has 190 valence electrons. The van der Waals surface area contributed by atoms with Gasteiger partial charge in [0, 0.05) is 37.6 Å². The summed E-state index contributed by atoms with van der Waals surface area (Å²) >= 11 is 6.21. The molecule has 1 unspecified atom stereocenters. The number of alkyl halides is 3. The van der Waals surface area contributed by atoms with Crippen LogP contribution in [0.5, 0.6) is 5.75 Å². The van der Waals surface area contributed by atoms with Crippen molar-refractivity contribution < 1.29 is 26.7 Å². The number of hydrogen-bond donors (Lipinski definition) is 0. The van der Waals surface area contributed by atoms with Crippen LogP contribution in [-0.4, -0.2) is 57.7 Å². The first-order valence-electron chi connectivity index (χ1n) is 10.5. The number of nitrogens with zero attached hydrogens (tertiary/aromatic N) is 5. The molecule has 35 heavy (non-hydrogen) atoms. The lowest BCUT2D eigenvalue weighted by atomic mass is 10.1. The van der Waals surface area contributed by atoms with Crippen LogP contribution in [0.15, 0.2) is 35.4 Å². The maximum Gasteiger partial charge on any atom is 0.393 e. The SMILES string of the molecule is CC(Cn1c(-c2c(F)cc(OCCCN(C)C)cc2F)c(Cl)nc(-n2cccn2)c1=O)C(F)(F)F. The van der Waals surface area contributed by atoms with Gasteiger partial charge >= 0.3 is 6.18 Å². The fourth-order valence-electron chi connectivity index (χ4n) is 3.29. The van der Waals surface area contributed by atoms with Gasteiger partial charge < -0.3 is 14.2 Å². The highest BCUT2D eigenvalue weighted by atomic mass is 35.5. The molecule has 0 spiro atoms. The molecule has 0 saturated heterocycles. The standard InChI is InChI=1S/C22H23ClF5N5O2/c1-13(22(26,27)28)12-32-18(19(23)30-20(21(32)34)33-8-4-6-29-33)17-15(24)10-14(11-16(17)25)35-9-5-7-31(2)3/h4,6,8,10-11,13H,5,7,9,12H2,1-3H3. The monoisotopic (exact) mass is 519 g/mol. The van der Waals surface area contributed by atoms with E-state index in [0.717, 1.165) is 23.7 Å². The van der Waals surface area contributed by atoms with Crippen LogP contribution in [0.2, 0.25) is 5.15 Å². The molecular weight excluding hydrogens is 497 g/mol. The van der Waals surface area contributed by atoms with Crippen LogP contribution < -0.4 is 10.3 Å². The third-order valence-electron chi connectivity index (χ3n) is 5.11. The normalized spacial score (nSPS) is 12.9. The molecule has 3 aromatic rings. The summed E-state index contributed by atoms with van der Waals surface area (Å²) < 4.78 is 77.2. The quantitative estimate of drug-likeness (QED) is 0.306. The van der Waals surface area contributed by atoms with E-state index in [9.17, 15) is 18.0 Å². The topological polar surface area (TPSA) is 65.2 Å². The van der Waals surface area contributed by atoms with Crippen molar-refractivity contribution in [3.8, 4) is 22.8 Å². The van der Waals surface area contributed by atoms with Crippen LogP contribution >= 0.6 is 11.6 Å². The van der Waals surface area contributed by atoms with Gasteiger partial charge in [-0.3, -0.25) is 4.79 Å². The highest BCUT2D eigenvalue weighted by molar-refractivity contribution is 6.31. The summed E-state index contributed by atoms with van der Waals surface area (Å²) in [6.07, 6.45) is -1.43. The highest BCUT2D eigenvalue weighted by Crippen LogP contribution is 2.35. The van der Waals surface area contributed by atoms with E-state index in [1.807, 2.05) is 19.0 Å². The van der Waals surface area contributed by atoms with Crippen LogP contribution in [-0.2, 0) is 6.54 Å². The second kappa shape index (κ2) is 10.7. The second-order valence-electron chi connectivity index (χ2n) is 8.15. The largest absolute Gasteiger partial charge is 0.493 e. The fraction of sp³-hybridized carbons (Fsp3) is 0.409. The van der Waals surface area contributed by atoms with Gasteiger partial charge in [-0.1, -0.05) is 18.5 Å². The molecule has 7 nitrogen and oxygen atoms in total. The lowest BCUT2D eigenvalue weighted by molar-refractivity contribution is -0.172. The zero-order valence-electron chi connectivity index (χ0n) is 19.1. The molecule has 0 amide bonds. The Bertz CT molecular complexity index is 1210. The summed E-state index contributed by atoms with van der Waals surface area (Å²) in [5.74, 6) is -4.91. The molecule has 0 fully saturated rings. The first-order valence-corrected chi connectivity index (χ1v) is 10.9. The van der Waals surface area contributed by atoms with Gasteiger partial charge in [-0.25, -0.2) is 18.4 Å². The Balaban J connectivity index is 2.11. The van der Waals surface area contributed by atoms with E-state index in [1.165, 1.54) is 18.5 Å². The van der Waals surface area contributed by atoms with Crippen LogP contribution in [0.25, 0.3) is 17.1 Å². The van der Waals surface area contributed by atoms with Gasteiger partial charge in [-0.05, 0) is 26.6 Å². The summed E-state index contributed by atoms with van der Waals surface area (Å²) in [5, 5.41) is 3.28. The van der Waals surface area contributed by atoms with Crippen molar-refractivity contribution in [2.45, 2.75) is 26.1 Å². The van der Waals surface area contributed by atoms with Crippen molar-refractivity contribution in [2.75, 3.05) is 27.2 Å². The van der Waals surface area contributed by atoms with Crippen molar-refractivity contribution in [1.29, 1.82) is 0 Å². The summed E-state index contributed by atoms with van der Waals surface area (Å²) in [5.41, 5.74) is -2.45. The first kappa shape index (κ1) is 26.6. The van der Waals surface area contributed by atoms with Crippen LogP contribution in [0, 0.1) is 17.6 Å². The van der Waals surface area contributed by atoms with E-state index in [1.54, 1.807) is 0 Å². The molecule has 0 aliphatic carbocycles. The van der Waals surface area contributed by atoms with E-state index >= 15 is 8.78 Å². The Kier molecular flexibility index (Phi) is 8.16. The Labute approximate surface area is 202 Å². The van der Waals surface area contributed by atoms with E-state index in [-0.39, 0.29) is 12.4 Å². The number of halogens is 6. The van der Waals surface area contributed by atoms with E-state index < -0.39 is 58.1 Å². The summed E-state index contributed by atoms with van der Waals surface area (Å²) in [4.78, 5) is 18.9. The van der Waals surface area contributed by atoms with Crippen molar-refractivity contribution in [1.82, 2.24) is 24.2 Å². The third-order valence-corrected chi connectivity index (χ3v) is 5.38. The molecule has 3 rings (SSSR count). The molecule has 0 aliphatic rings. The number of hydrogen-bond acceptors (Lipinski definition) is 5. The van der Waals surface area contributed by atoms with Gasteiger partial charge in [-0.2, -0.15) is 18.3 Å². The molecule has 0 bridgehead atoms. The van der Waals surface area contributed by atoms with E-state index in [4.69, 9.17) is 16.3 Å². The molecule has 13 heteroatoms. The number of benzene rings is 1. The Morgan fingerprint density at radius 1 is 1.20 bits per heavy atom. The predicted octanol–water partition coefficient (Wildman–Crippen LogP) is 4.56. The second-order valence-corrected chi connectivity index (χ2v) is 8.51. The Morgan fingerprint density at radius 3 is 2.40 bits per heavy atom. The summed E-state index contributed by atoms with van der Waals surface area (Å²) in [7, 11) is 3.73. The van der Waals surface area contributed by atoms with E-state index in [2.05, 4.69) is 10.1 Å². The van der Waals surface area contributed by atoms with Crippen molar-refractivity contribution in [3.05, 3.63) is 57.7 Å². The van der Waals surface area contributed by atoms with Gasteiger partial charge in [0.05, 0.1) is 23.8 Å². The lowest BCUT2D eigenvalue weighted by Gasteiger charge is -2.21. The maximum absolute atomic E-state index is 15.1. The van der Waals surface area contributed by atoms with Gasteiger partial charge in [0.1, 0.15) is 17.4 Å². The highest BCUT2D eigenvalue weighted by Gasteiger charge is 2.37. The smallest absolute Gasteiger partial charge is 0.393 e. The number of aromatic nitrogens is 4. The minimum Gasteiger partial charge on any atom is -0.493 e. The molecule has 1 atom stereocenters. The first-order chi connectivity index (χ1) is 16.4. The Hall–Kier alpha value is -2.99. The summed E-state index contributed by atoms with van der Waals surface area (Å²) in [6.45, 7) is 0.771. The third kappa shape index (κ3) is 6.17. The van der Waals surface area contributed by atoms with Crippen LogP contribution in [0.1, 0.15) is 13.3 Å². The molecule has 2 heterocycles. The molecule has 0 aliphatic heterocycles. The number of ether oxygens (including phenoxy) is 1. The maximum atomic E-state index is 15.1. The average Bonchev–Trinajstić information content (AvgIpc) is 3.28. The average molecular weight is 520 g/mol. The van der Waals surface area contributed by atoms with Gasteiger partial charge in [0.2, 0.25) is 5.82 Å². The molecule has 1 aromatic carbocycles. The van der Waals surface area contributed by atoms with E-state index in [0.29, 0.717) is 17.5 Å². The predicted molar refractivity (Wildman–Crippen MR) is 120 cm³/mol. The number of rotatable bonds is 9. The molecule has 0 radical (unpaired) electrons. The van der Waals surface area contributed by atoms with Crippen LogP contribution in [0.4, 0.5) is 22.0 Å². The zero-order chi connectivity index (χ0) is 25.9. The zero-order valence-corrected chi connectivity index (χ0v) is 19.9. The van der Waals surface area contributed by atoms with Crippen molar-refractivity contribution >= 4 is 11.6 Å². The Morgan fingerprint density at radius 2 is 1.86 bits per heavy atom. The minimum absolute atomic E-state index is 0.114. The molecule has 0 N–H and O–H groups in total. The summed E-state index contributed by atoms with van der Waals surface area (Å²) in [6, 6.07) is 3.23. The van der Waals surface area contributed by atoms with Crippen molar-refractivity contribution in [2.24, 2.45) is 5.92 Å². The fourth-order valence-corrected chi connectivity index (χ4v) is 3.57. The van der Waals surface area contributed by atoms with Crippen molar-refractivity contribution in [3.63, 3.8) is 0 Å². The molecular formula is C22H23ClF5N5O2. The van der Waals surface area contributed by atoms with Gasteiger partial charge in [0.25, 0.3) is 5.56 Å².